The number of nitrogen functional groups attached to an aromatic ring is 1. The van der Waals surface area contributed by atoms with E-state index < -0.39 is 5.97 Å². The third-order valence-corrected chi connectivity index (χ3v) is 7.54. The third kappa shape index (κ3) is 7.38. The molecule has 6 aromatic rings. The van der Waals surface area contributed by atoms with Crippen LogP contribution in [0.5, 0.6) is 23.4 Å². The van der Waals surface area contributed by atoms with E-state index in [1.54, 1.807) is 38.4 Å². The first-order valence-electron chi connectivity index (χ1n) is 15.3. The molecule has 0 atom stereocenters. The summed E-state index contributed by atoms with van der Waals surface area (Å²) < 4.78 is 20.0. The van der Waals surface area contributed by atoms with Crippen molar-refractivity contribution in [3.63, 3.8) is 0 Å². The average Bonchev–Trinajstić information content (AvgIpc) is 3.42. The Morgan fingerprint density at radius 3 is 2.22 bits per heavy atom. The van der Waals surface area contributed by atoms with Crippen LogP contribution < -0.4 is 15.2 Å². The second-order valence-electron chi connectivity index (χ2n) is 11.3. The molecule has 1 amide bonds. The summed E-state index contributed by atoms with van der Waals surface area (Å²) in [6, 6.07) is 30.1. The summed E-state index contributed by atoms with van der Waals surface area (Å²) in [7, 11) is 3.34. The number of fused-ring (bicyclic) bond motifs is 1. The molecule has 12 heteroatoms. The van der Waals surface area contributed by atoms with Gasteiger partial charge in [-0.25, -0.2) is 9.78 Å². The average molecular weight is 656 g/mol. The Bertz CT molecular complexity index is 2170. The monoisotopic (exact) mass is 655 g/mol. The maximum atomic E-state index is 13.3. The highest BCUT2D eigenvalue weighted by atomic mass is 16.5. The maximum absolute atomic E-state index is 13.3. The van der Waals surface area contributed by atoms with Gasteiger partial charge in [-0.1, -0.05) is 72.8 Å². The smallest absolute Gasteiger partial charge is 0.342 e. The number of benzene rings is 4. The first-order chi connectivity index (χ1) is 23.7. The van der Waals surface area contributed by atoms with Crippen molar-refractivity contribution < 1.29 is 23.8 Å². The normalized spacial score (nSPS) is 10.8. The summed E-state index contributed by atoms with van der Waals surface area (Å²) in [6.45, 7) is 2.34. The number of carbonyl (C=O) groups excluding carboxylic acids is 2. The molecule has 49 heavy (non-hydrogen) atoms. The number of ether oxygens (including phenoxy) is 3. The molecule has 0 aliphatic rings. The Morgan fingerprint density at radius 1 is 0.816 bits per heavy atom. The number of esters is 1. The molecule has 0 saturated carbocycles. The van der Waals surface area contributed by atoms with Crippen molar-refractivity contribution in [2.24, 2.45) is 5.73 Å². The Balaban J connectivity index is 1.43. The van der Waals surface area contributed by atoms with Gasteiger partial charge in [0.1, 0.15) is 35.3 Å². The third-order valence-electron chi connectivity index (χ3n) is 7.54. The standard InChI is InChI=1S/C37H33N7O5/c1-23-40-31-33(44(23)21-24-11-6-4-7-12-24)41-37(42-34(31)48-28-16-10-15-27(19-28)35(45)43(2)3)49-30-20-26(32(38)39)17-18-29(30)36(46)47-22-25-13-8-5-9-14-25/h4-20H,21-22H2,1-3H3,(H3,38,39). The summed E-state index contributed by atoms with van der Waals surface area (Å²) in [5.41, 5.74) is 9.22. The van der Waals surface area contributed by atoms with Crippen LogP contribution in [0.4, 0.5) is 0 Å². The molecule has 246 valence electrons. The largest absolute Gasteiger partial charge is 0.457 e. The van der Waals surface area contributed by atoms with Crippen LogP contribution in [0.25, 0.3) is 11.2 Å². The Kier molecular flexibility index (Phi) is 9.29. The number of aryl methyl sites for hydroxylation is 1. The number of amidine groups is 1. The van der Waals surface area contributed by atoms with E-state index in [-0.39, 0.29) is 41.6 Å². The summed E-state index contributed by atoms with van der Waals surface area (Å²) in [4.78, 5) is 41.5. The molecule has 4 aromatic carbocycles. The molecule has 0 spiro atoms. The van der Waals surface area contributed by atoms with E-state index in [0.717, 1.165) is 11.1 Å². The number of carbonyl (C=O) groups is 2. The molecule has 6 rings (SSSR count). The fraction of sp³-hybridized carbons (Fsp3) is 0.135. The van der Waals surface area contributed by atoms with E-state index in [4.69, 9.17) is 35.3 Å². The lowest BCUT2D eigenvalue weighted by molar-refractivity contribution is 0.0469. The second kappa shape index (κ2) is 14.1. The van der Waals surface area contributed by atoms with E-state index >= 15 is 0 Å². The predicted octanol–water partition coefficient (Wildman–Crippen LogP) is 6.11. The second-order valence-corrected chi connectivity index (χ2v) is 11.3. The summed E-state index contributed by atoms with van der Waals surface area (Å²) >= 11 is 0. The topological polar surface area (TPSA) is 159 Å². The lowest BCUT2D eigenvalue weighted by atomic mass is 10.1. The zero-order valence-corrected chi connectivity index (χ0v) is 27.1. The van der Waals surface area contributed by atoms with Gasteiger partial charge in [0.05, 0.1) is 6.54 Å². The van der Waals surface area contributed by atoms with Gasteiger partial charge in [-0.05, 0) is 48.4 Å². The number of nitrogens with two attached hydrogens (primary N) is 1. The first kappa shape index (κ1) is 32.4. The lowest BCUT2D eigenvalue weighted by Crippen LogP contribution is -2.21. The van der Waals surface area contributed by atoms with Gasteiger partial charge in [-0.15, -0.1) is 0 Å². The number of rotatable bonds is 11. The molecule has 0 radical (unpaired) electrons. The highest BCUT2D eigenvalue weighted by Crippen LogP contribution is 2.33. The number of aromatic nitrogens is 4. The van der Waals surface area contributed by atoms with Gasteiger partial charge < -0.3 is 29.4 Å². The molecule has 0 unspecified atom stereocenters. The maximum Gasteiger partial charge on any atom is 0.342 e. The fourth-order valence-electron chi connectivity index (χ4n) is 5.04. The van der Waals surface area contributed by atoms with Crippen molar-refractivity contribution in [2.75, 3.05) is 14.1 Å². The lowest BCUT2D eigenvalue weighted by Gasteiger charge is -2.14. The van der Waals surface area contributed by atoms with Crippen LogP contribution in [-0.2, 0) is 17.9 Å². The van der Waals surface area contributed by atoms with Crippen molar-refractivity contribution in [3.8, 4) is 23.4 Å². The minimum atomic E-state index is -0.654. The minimum Gasteiger partial charge on any atom is -0.457 e. The van der Waals surface area contributed by atoms with Crippen LogP contribution >= 0.6 is 0 Å². The van der Waals surface area contributed by atoms with Crippen LogP contribution in [-0.4, -0.2) is 56.2 Å². The van der Waals surface area contributed by atoms with Crippen LogP contribution in [0.3, 0.4) is 0 Å². The van der Waals surface area contributed by atoms with E-state index in [0.29, 0.717) is 40.4 Å². The number of imidazole rings is 1. The number of nitrogens with zero attached hydrogens (tertiary/aromatic N) is 5. The van der Waals surface area contributed by atoms with E-state index in [1.165, 1.54) is 23.1 Å². The number of hydrogen-bond acceptors (Lipinski definition) is 9. The molecular weight excluding hydrogens is 622 g/mol. The SMILES string of the molecule is Cc1nc2c(Oc3cccc(C(=O)N(C)C)c3)nc(Oc3cc(C(=N)N)ccc3C(=O)OCc3ccccc3)nc2n1Cc1ccccc1. The van der Waals surface area contributed by atoms with Crippen molar-refractivity contribution in [1.82, 2.24) is 24.4 Å². The highest BCUT2D eigenvalue weighted by molar-refractivity contribution is 5.98. The van der Waals surface area contributed by atoms with Gasteiger partial charge in [-0.2, -0.15) is 9.97 Å². The van der Waals surface area contributed by atoms with Gasteiger partial charge >= 0.3 is 12.0 Å². The van der Waals surface area contributed by atoms with Crippen LogP contribution in [0, 0.1) is 12.3 Å². The highest BCUT2D eigenvalue weighted by Gasteiger charge is 2.23. The van der Waals surface area contributed by atoms with Crippen molar-refractivity contribution in [3.05, 3.63) is 137 Å². The fourth-order valence-corrected chi connectivity index (χ4v) is 5.04. The summed E-state index contributed by atoms with van der Waals surface area (Å²) in [6.07, 6.45) is 0. The Labute approximate surface area is 282 Å². The number of nitrogens with one attached hydrogen (secondary N) is 1. The van der Waals surface area contributed by atoms with Crippen molar-refractivity contribution >= 4 is 28.9 Å². The molecule has 3 N–H and O–H groups in total. The summed E-state index contributed by atoms with van der Waals surface area (Å²) in [5.74, 6) is 0.0215. The number of hydrogen-bond donors (Lipinski definition) is 2. The van der Waals surface area contributed by atoms with E-state index in [1.807, 2.05) is 72.2 Å². The molecule has 0 fully saturated rings. The van der Waals surface area contributed by atoms with Crippen LogP contribution in [0.15, 0.2) is 103 Å². The zero-order valence-electron chi connectivity index (χ0n) is 27.1. The quantitative estimate of drug-likeness (QED) is 0.0954. The van der Waals surface area contributed by atoms with Crippen molar-refractivity contribution in [2.45, 2.75) is 20.1 Å². The first-order valence-corrected chi connectivity index (χ1v) is 15.3. The number of amides is 1. The zero-order chi connectivity index (χ0) is 34.5. The molecule has 0 bridgehead atoms. The van der Waals surface area contributed by atoms with Gasteiger partial charge in [0.25, 0.3) is 11.8 Å². The van der Waals surface area contributed by atoms with Crippen molar-refractivity contribution in [1.29, 1.82) is 5.41 Å². The van der Waals surface area contributed by atoms with Gasteiger partial charge in [0, 0.05) is 25.2 Å². The predicted molar refractivity (Wildman–Crippen MR) is 183 cm³/mol. The molecule has 2 heterocycles. The van der Waals surface area contributed by atoms with E-state index in [2.05, 4.69) is 4.98 Å². The summed E-state index contributed by atoms with van der Waals surface area (Å²) in [5, 5.41) is 7.98. The van der Waals surface area contributed by atoms with E-state index in [9.17, 15) is 9.59 Å². The van der Waals surface area contributed by atoms with Gasteiger partial charge in [-0.3, -0.25) is 10.2 Å². The molecule has 0 aliphatic carbocycles. The Morgan fingerprint density at radius 2 is 1.53 bits per heavy atom. The molecule has 12 nitrogen and oxygen atoms in total. The Hall–Kier alpha value is -6.56. The van der Waals surface area contributed by atoms with Crippen LogP contribution in [0.2, 0.25) is 0 Å². The van der Waals surface area contributed by atoms with Gasteiger partial charge in [0.2, 0.25) is 0 Å². The molecule has 0 saturated heterocycles. The van der Waals surface area contributed by atoms with Crippen LogP contribution in [0.1, 0.15) is 43.2 Å². The molecule has 2 aromatic heterocycles. The molecular formula is C37H33N7O5. The van der Waals surface area contributed by atoms with Gasteiger partial charge in [0.15, 0.2) is 11.2 Å². The molecule has 0 aliphatic heterocycles. The minimum absolute atomic E-state index is 0.0282.